The third-order valence-corrected chi connectivity index (χ3v) is 4.11. The molecule has 0 unspecified atom stereocenters. The molecule has 0 aliphatic heterocycles. The quantitative estimate of drug-likeness (QED) is 0.665. The van der Waals surface area contributed by atoms with Gasteiger partial charge in [-0.2, -0.15) is 0 Å². The predicted octanol–water partition coefficient (Wildman–Crippen LogP) is 4.19. The van der Waals surface area contributed by atoms with Crippen molar-refractivity contribution >= 4 is 5.91 Å². The Morgan fingerprint density at radius 3 is 2.26 bits per heavy atom. The highest BCUT2D eigenvalue weighted by Gasteiger charge is 2.19. The summed E-state index contributed by atoms with van der Waals surface area (Å²) in [6, 6.07) is 7.31. The molecule has 0 saturated heterocycles. The third-order valence-electron chi connectivity index (χ3n) is 4.11. The van der Waals surface area contributed by atoms with Crippen LogP contribution in [0.3, 0.4) is 0 Å². The molecule has 0 fully saturated rings. The van der Waals surface area contributed by atoms with E-state index in [1.165, 1.54) is 19.3 Å². The lowest BCUT2D eigenvalue weighted by atomic mass is 9.99. The molecule has 2 atom stereocenters. The fourth-order valence-corrected chi connectivity index (χ4v) is 2.44. The molecule has 0 aromatic heterocycles. The molecule has 0 bridgehead atoms. The average Bonchev–Trinajstić information content (AvgIpc) is 2.60. The van der Waals surface area contributed by atoms with Crippen molar-refractivity contribution in [3.63, 3.8) is 0 Å². The van der Waals surface area contributed by atoms with Crippen LogP contribution in [0.25, 0.3) is 0 Å². The molecule has 0 saturated carbocycles. The fraction of sp³-hybridized carbons (Fsp3) is 0.632. The Morgan fingerprint density at radius 1 is 1.09 bits per heavy atom. The van der Waals surface area contributed by atoms with Crippen LogP contribution in [0.4, 0.5) is 0 Å². The van der Waals surface area contributed by atoms with E-state index in [2.05, 4.69) is 19.2 Å². The lowest BCUT2D eigenvalue weighted by Gasteiger charge is -2.20. The van der Waals surface area contributed by atoms with Gasteiger partial charge < -0.3 is 14.8 Å². The molecule has 1 N–H and O–H groups in total. The Labute approximate surface area is 140 Å². The number of unbranched alkanes of at least 4 members (excludes halogenated alkanes) is 1. The van der Waals surface area contributed by atoms with Gasteiger partial charge in [-0.3, -0.25) is 4.79 Å². The van der Waals surface area contributed by atoms with E-state index >= 15 is 0 Å². The maximum Gasteiger partial charge on any atom is 0.261 e. The molecule has 4 heteroatoms. The van der Waals surface area contributed by atoms with E-state index in [0.717, 1.165) is 18.7 Å². The van der Waals surface area contributed by atoms with Crippen molar-refractivity contribution < 1.29 is 14.3 Å². The van der Waals surface area contributed by atoms with E-state index in [-0.39, 0.29) is 5.91 Å². The maximum atomic E-state index is 12.3. The number of carbonyl (C=O) groups is 1. The number of hydrogen-bond acceptors (Lipinski definition) is 3. The molecule has 0 aliphatic rings. The Morgan fingerprint density at radius 2 is 1.74 bits per heavy atom. The van der Waals surface area contributed by atoms with Crippen LogP contribution in [-0.2, 0) is 4.79 Å². The van der Waals surface area contributed by atoms with Gasteiger partial charge in [-0.1, -0.05) is 40.0 Å². The van der Waals surface area contributed by atoms with Crippen LogP contribution < -0.4 is 14.8 Å². The van der Waals surface area contributed by atoms with E-state index in [1.54, 1.807) is 7.11 Å². The molecule has 0 heterocycles. The number of nitrogens with one attached hydrogen (secondary N) is 1. The van der Waals surface area contributed by atoms with E-state index < -0.39 is 6.10 Å². The first kappa shape index (κ1) is 19.3. The number of carbonyl (C=O) groups excluding carboxylic acids is 1. The molecular weight excluding hydrogens is 290 g/mol. The molecule has 0 radical (unpaired) electrons. The number of methoxy groups -OCH3 is 1. The zero-order valence-electron chi connectivity index (χ0n) is 14.9. The summed E-state index contributed by atoms with van der Waals surface area (Å²) in [4.78, 5) is 12.3. The highest BCUT2D eigenvalue weighted by molar-refractivity contribution is 5.81. The summed E-state index contributed by atoms with van der Waals surface area (Å²) in [6.07, 6.45) is 4.87. The number of benzene rings is 1. The first-order chi connectivity index (χ1) is 11.1. The topological polar surface area (TPSA) is 47.6 Å². The smallest absolute Gasteiger partial charge is 0.261 e. The number of hydrogen-bond donors (Lipinski definition) is 1. The third kappa shape index (κ3) is 6.93. The molecule has 0 aliphatic carbocycles. The van der Waals surface area contributed by atoms with Crippen LogP contribution in [0.2, 0.25) is 0 Å². The molecule has 0 spiro atoms. The van der Waals surface area contributed by atoms with Crippen molar-refractivity contribution in [2.24, 2.45) is 5.92 Å². The van der Waals surface area contributed by atoms with Gasteiger partial charge in [0.15, 0.2) is 6.10 Å². The van der Waals surface area contributed by atoms with Gasteiger partial charge in [0, 0.05) is 6.54 Å². The number of rotatable bonds is 11. The minimum Gasteiger partial charge on any atom is -0.497 e. The van der Waals surface area contributed by atoms with Gasteiger partial charge in [-0.15, -0.1) is 0 Å². The summed E-state index contributed by atoms with van der Waals surface area (Å²) in [7, 11) is 1.63. The van der Waals surface area contributed by atoms with Gasteiger partial charge in [-0.05, 0) is 43.0 Å². The zero-order chi connectivity index (χ0) is 17.1. The molecule has 130 valence electrons. The Hall–Kier alpha value is -1.71. The second-order valence-corrected chi connectivity index (χ2v) is 5.85. The highest BCUT2D eigenvalue weighted by Crippen LogP contribution is 2.19. The largest absolute Gasteiger partial charge is 0.497 e. The first-order valence-electron chi connectivity index (χ1n) is 8.72. The highest BCUT2D eigenvalue weighted by atomic mass is 16.5. The zero-order valence-corrected chi connectivity index (χ0v) is 14.9. The first-order valence-corrected chi connectivity index (χ1v) is 8.72. The van der Waals surface area contributed by atoms with E-state index in [9.17, 15) is 4.79 Å². The van der Waals surface area contributed by atoms with Crippen LogP contribution >= 0.6 is 0 Å². The average molecular weight is 321 g/mol. The molecule has 1 aromatic carbocycles. The Kier molecular flexibility index (Phi) is 9.18. The van der Waals surface area contributed by atoms with E-state index in [1.807, 2.05) is 31.2 Å². The van der Waals surface area contributed by atoms with Crippen LogP contribution in [0, 0.1) is 5.92 Å². The SMILES string of the molecule is CCCC[C@H](CC)CNC(=O)[C@@H](CC)Oc1ccc(OC)cc1. The molecule has 23 heavy (non-hydrogen) atoms. The van der Waals surface area contributed by atoms with E-state index in [0.29, 0.717) is 18.1 Å². The summed E-state index contributed by atoms with van der Waals surface area (Å²) < 4.78 is 10.9. The van der Waals surface area contributed by atoms with Crippen molar-refractivity contribution in [1.29, 1.82) is 0 Å². The van der Waals surface area contributed by atoms with Crippen LogP contribution in [0.15, 0.2) is 24.3 Å². The van der Waals surface area contributed by atoms with Gasteiger partial charge in [0.1, 0.15) is 11.5 Å². The van der Waals surface area contributed by atoms with Crippen LogP contribution in [0.5, 0.6) is 11.5 Å². The minimum atomic E-state index is -0.452. The van der Waals surface area contributed by atoms with Crippen molar-refractivity contribution in [3.05, 3.63) is 24.3 Å². The van der Waals surface area contributed by atoms with Crippen molar-refractivity contribution in [1.82, 2.24) is 5.32 Å². The van der Waals surface area contributed by atoms with Gasteiger partial charge in [0.2, 0.25) is 0 Å². The van der Waals surface area contributed by atoms with Gasteiger partial charge >= 0.3 is 0 Å². The van der Waals surface area contributed by atoms with Gasteiger partial charge in [0.25, 0.3) is 5.91 Å². The second kappa shape index (κ2) is 10.9. The Bertz CT molecular complexity index is 444. The van der Waals surface area contributed by atoms with Crippen LogP contribution in [0.1, 0.15) is 52.9 Å². The Balaban J connectivity index is 2.50. The van der Waals surface area contributed by atoms with Crippen LogP contribution in [-0.4, -0.2) is 25.7 Å². The second-order valence-electron chi connectivity index (χ2n) is 5.85. The van der Waals surface area contributed by atoms with Crippen molar-refractivity contribution in [2.45, 2.75) is 59.0 Å². The normalized spacial score (nSPS) is 13.2. The summed E-state index contributed by atoms with van der Waals surface area (Å²) in [5.74, 6) is 1.98. The predicted molar refractivity (Wildman–Crippen MR) is 94.0 cm³/mol. The molecular formula is C19H31NO3. The standard InChI is InChI=1S/C19H31NO3/c1-5-8-9-15(6-2)14-20-19(21)18(7-3)23-17-12-10-16(22-4)11-13-17/h10-13,15,18H,5-9,14H2,1-4H3,(H,20,21)/t15-,18+/m0/s1. The van der Waals surface area contributed by atoms with Gasteiger partial charge in [-0.25, -0.2) is 0 Å². The summed E-state index contributed by atoms with van der Waals surface area (Å²) >= 11 is 0. The molecule has 4 nitrogen and oxygen atoms in total. The molecule has 1 aromatic rings. The summed E-state index contributed by atoms with van der Waals surface area (Å²) in [5, 5.41) is 3.05. The van der Waals surface area contributed by atoms with Crippen molar-refractivity contribution in [3.8, 4) is 11.5 Å². The fourth-order valence-electron chi connectivity index (χ4n) is 2.44. The number of ether oxygens (including phenoxy) is 2. The summed E-state index contributed by atoms with van der Waals surface area (Å²) in [5.41, 5.74) is 0. The molecule has 1 rings (SSSR count). The maximum absolute atomic E-state index is 12.3. The number of amides is 1. The minimum absolute atomic E-state index is 0.0294. The van der Waals surface area contributed by atoms with Crippen molar-refractivity contribution in [2.75, 3.05) is 13.7 Å². The van der Waals surface area contributed by atoms with E-state index in [4.69, 9.17) is 9.47 Å². The monoisotopic (exact) mass is 321 g/mol. The summed E-state index contributed by atoms with van der Waals surface area (Å²) in [6.45, 7) is 7.07. The van der Waals surface area contributed by atoms with Gasteiger partial charge in [0.05, 0.1) is 7.11 Å². The molecule has 1 amide bonds. The lowest BCUT2D eigenvalue weighted by molar-refractivity contribution is -0.128. The lowest BCUT2D eigenvalue weighted by Crippen LogP contribution is -2.40.